The standard InChI is InChI=1S/C12H24N2O2.ClH/c1-5-6-10-9-13-7-8-14(10)11(15)16-12(2,3)4;/h10,13H,5-9H2,1-4H3;1H/t10-;/m0./s1. The van der Waals surface area contributed by atoms with E-state index >= 15 is 0 Å². The molecule has 0 aromatic carbocycles. The predicted octanol–water partition coefficient (Wildman–Crippen LogP) is 2.42. The number of rotatable bonds is 2. The Balaban J connectivity index is 0.00000256. The monoisotopic (exact) mass is 264 g/mol. The van der Waals surface area contributed by atoms with Gasteiger partial charge in [-0.3, -0.25) is 0 Å². The van der Waals surface area contributed by atoms with Crippen LogP contribution in [0.25, 0.3) is 0 Å². The SMILES string of the molecule is CCC[C@H]1CNCCN1C(=O)OC(C)(C)C.Cl. The lowest BCUT2D eigenvalue weighted by molar-refractivity contribution is 0.0111. The number of halogens is 1. The fraction of sp³-hybridized carbons (Fsp3) is 0.917. The number of piperazine rings is 1. The highest BCUT2D eigenvalue weighted by atomic mass is 35.5. The molecular formula is C12H25ClN2O2. The highest BCUT2D eigenvalue weighted by molar-refractivity contribution is 5.85. The number of nitrogens with one attached hydrogen (secondary N) is 1. The summed E-state index contributed by atoms with van der Waals surface area (Å²) < 4.78 is 5.41. The van der Waals surface area contributed by atoms with Crippen molar-refractivity contribution >= 4 is 18.5 Å². The average Bonchev–Trinajstić information content (AvgIpc) is 2.16. The molecule has 4 nitrogen and oxygen atoms in total. The number of carbonyl (C=O) groups is 1. The Hall–Kier alpha value is -0.480. The summed E-state index contributed by atoms with van der Waals surface area (Å²) in [6, 6.07) is 0.286. The first-order valence-electron chi connectivity index (χ1n) is 6.14. The van der Waals surface area contributed by atoms with Gasteiger partial charge in [0.1, 0.15) is 5.60 Å². The summed E-state index contributed by atoms with van der Waals surface area (Å²) in [6.45, 7) is 10.3. The molecule has 17 heavy (non-hydrogen) atoms. The maximum Gasteiger partial charge on any atom is 0.410 e. The smallest absolute Gasteiger partial charge is 0.410 e. The van der Waals surface area contributed by atoms with Gasteiger partial charge in [-0.05, 0) is 27.2 Å². The van der Waals surface area contributed by atoms with E-state index in [4.69, 9.17) is 4.74 Å². The predicted molar refractivity (Wildman–Crippen MR) is 71.8 cm³/mol. The van der Waals surface area contributed by atoms with Crippen molar-refractivity contribution in [3.8, 4) is 0 Å². The largest absolute Gasteiger partial charge is 0.444 e. The first kappa shape index (κ1) is 16.5. The molecular weight excluding hydrogens is 240 g/mol. The van der Waals surface area contributed by atoms with Crippen molar-refractivity contribution < 1.29 is 9.53 Å². The van der Waals surface area contributed by atoms with Gasteiger partial charge in [0.05, 0.1) is 0 Å². The summed E-state index contributed by atoms with van der Waals surface area (Å²) >= 11 is 0. The van der Waals surface area contributed by atoms with Crippen LogP contribution in [0.1, 0.15) is 40.5 Å². The van der Waals surface area contributed by atoms with E-state index in [-0.39, 0.29) is 24.5 Å². The molecule has 1 aliphatic heterocycles. The summed E-state index contributed by atoms with van der Waals surface area (Å²) in [6.07, 6.45) is 1.95. The number of nitrogens with zero attached hydrogens (tertiary/aromatic N) is 1. The van der Waals surface area contributed by atoms with E-state index in [2.05, 4.69) is 12.2 Å². The molecule has 0 spiro atoms. The maximum absolute atomic E-state index is 12.0. The van der Waals surface area contributed by atoms with E-state index in [1.54, 1.807) is 0 Å². The van der Waals surface area contributed by atoms with Crippen LogP contribution in [0.3, 0.4) is 0 Å². The number of carbonyl (C=O) groups excluding carboxylic acids is 1. The second-order valence-electron chi connectivity index (χ2n) is 5.32. The summed E-state index contributed by atoms with van der Waals surface area (Å²) in [5.74, 6) is 0. The van der Waals surface area contributed by atoms with Crippen LogP contribution in [0.2, 0.25) is 0 Å². The van der Waals surface area contributed by atoms with Crippen LogP contribution in [0.4, 0.5) is 4.79 Å². The molecule has 0 aromatic rings. The van der Waals surface area contributed by atoms with E-state index in [9.17, 15) is 4.79 Å². The van der Waals surface area contributed by atoms with Crippen LogP contribution in [-0.2, 0) is 4.74 Å². The molecule has 1 atom stereocenters. The van der Waals surface area contributed by atoms with E-state index in [1.165, 1.54) is 0 Å². The molecule has 1 saturated heterocycles. The van der Waals surface area contributed by atoms with Gasteiger partial charge in [0.2, 0.25) is 0 Å². The lowest BCUT2D eigenvalue weighted by Crippen LogP contribution is -2.54. The second-order valence-corrected chi connectivity index (χ2v) is 5.32. The highest BCUT2D eigenvalue weighted by Gasteiger charge is 2.29. The Labute approximate surface area is 110 Å². The van der Waals surface area contributed by atoms with Crippen molar-refractivity contribution in [3.63, 3.8) is 0 Å². The van der Waals surface area contributed by atoms with Crippen LogP contribution >= 0.6 is 12.4 Å². The third kappa shape index (κ3) is 5.59. The molecule has 102 valence electrons. The van der Waals surface area contributed by atoms with Gasteiger partial charge in [-0.1, -0.05) is 13.3 Å². The molecule has 1 N–H and O–H groups in total. The maximum atomic E-state index is 12.0. The zero-order chi connectivity index (χ0) is 12.2. The van der Waals surface area contributed by atoms with E-state index in [1.807, 2.05) is 25.7 Å². The molecule has 0 unspecified atom stereocenters. The summed E-state index contributed by atoms with van der Waals surface area (Å²) in [7, 11) is 0. The molecule has 1 rings (SSSR count). The Morgan fingerprint density at radius 2 is 2.12 bits per heavy atom. The van der Waals surface area contributed by atoms with Gasteiger partial charge in [0.15, 0.2) is 0 Å². The van der Waals surface area contributed by atoms with Gasteiger partial charge >= 0.3 is 6.09 Å². The number of ether oxygens (including phenoxy) is 1. The lowest BCUT2D eigenvalue weighted by Gasteiger charge is -2.37. The van der Waals surface area contributed by atoms with Crippen molar-refractivity contribution in [2.75, 3.05) is 19.6 Å². The molecule has 0 aromatic heterocycles. The second kappa shape index (κ2) is 7.07. The van der Waals surface area contributed by atoms with Crippen molar-refractivity contribution in [2.24, 2.45) is 0 Å². The fourth-order valence-electron chi connectivity index (χ4n) is 1.91. The van der Waals surface area contributed by atoms with Gasteiger partial charge in [-0.15, -0.1) is 12.4 Å². The van der Waals surface area contributed by atoms with Crippen LogP contribution in [-0.4, -0.2) is 42.3 Å². The van der Waals surface area contributed by atoms with Gasteiger partial charge in [0, 0.05) is 25.7 Å². The third-order valence-electron chi connectivity index (χ3n) is 2.60. The van der Waals surface area contributed by atoms with Crippen LogP contribution in [0.5, 0.6) is 0 Å². The minimum absolute atomic E-state index is 0. The molecule has 0 bridgehead atoms. The molecule has 5 heteroatoms. The van der Waals surface area contributed by atoms with Crippen molar-refractivity contribution in [1.29, 1.82) is 0 Å². The van der Waals surface area contributed by atoms with Gasteiger partial charge < -0.3 is 15.0 Å². The number of hydrogen-bond donors (Lipinski definition) is 1. The zero-order valence-corrected chi connectivity index (χ0v) is 12.1. The summed E-state index contributed by atoms with van der Waals surface area (Å²) in [5.41, 5.74) is -0.404. The molecule has 0 radical (unpaired) electrons. The van der Waals surface area contributed by atoms with Crippen LogP contribution < -0.4 is 5.32 Å². The molecule has 0 aliphatic carbocycles. The van der Waals surface area contributed by atoms with Crippen LogP contribution in [0.15, 0.2) is 0 Å². The third-order valence-corrected chi connectivity index (χ3v) is 2.60. The highest BCUT2D eigenvalue weighted by Crippen LogP contribution is 2.15. The Morgan fingerprint density at radius 1 is 1.47 bits per heavy atom. The van der Waals surface area contributed by atoms with Gasteiger partial charge in [0.25, 0.3) is 0 Å². The van der Waals surface area contributed by atoms with Gasteiger partial charge in [-0.2, -0.15) is 0 Å². The molecule has 1 fully saturated rings. The summed E-state index contributed by atoms with van der Waals surface area (Å²) in [5, 5.41) is 3.32. The normalized spacial score (nSPS) is 20.7. The first-order chi connectivity index (χ1) is 7.44. The van der Waals surface area contributed by atoms with E-state index < -0.39 is 5.60 Å². The minimum atomic E-state index is -0.404. The average molecular weight is 265 g/mol. The zero-order valence-electron chi connectivity index (χ0n) is 11.3. The Morgan fingerprint density at radius 3 is 2.65 bits per heavy atom. The quantitative estimate of drug-likeness (QED) is 0.833. The van der Waals surface area contributed by atoms with E-state index in [0.717, 1.165) is 32.5 Å². The molecule has 1 amide bonds. The topological polar surface area (TPSA) is 41.6 Å². The fourth-order valence-corrected chi connectivity index (χ4v) is 1.91. The van der Waals surface area contributed by atoms with Crippen molar-refractivity contribution in [2.45, 2.75) is 52.2 Å². The minimum Gasteiger partial charge on any atom is -0.444 e. The first-order valence-corrected chi connectivity index (χ1v) is 6.14. The Bertz CT molecular complexity index is 239. The number of amides is 1. The molecule has 0 saturated carbocycles. The molecule has 1 aliphatic rings. The number of hydrogen-bond acceptors (Lipinski definition) is 3. The lowest BCUT2D eigenvalue weighted by atomic mass is 10.1. The van der Waals surface area contributed by atoms with Crippen molar-refractivity contribution in [3.05, 3.63) is 0 Å². The van der Waals surface area contributed by atoms with Gasteiger partial charge in [-0.25, -0.2) is 4.79 Å². The van der Waals surface area contributed by atoms with Crippen molar-refractivity contribution in [1.82, 2.24) is 10.2 Å². The summed E-state index contributed by atoms with van der Waals surface area (Å²) in [4.78, 5) is 13.8. The van der Waals surface area contributed by atoms with E-state index in [0.29, 0.717) is 0 Å². The Kier molecular flexibility index (Phi) is 6.87. The molecule has 1 heterocycles. The van der Waals surface area contributed by atoms with Crippen LogP contribution in [0, 0.1) is 0 Å².